The average Bonchev–Trinajstić information content (AvgIpc) is 3.21. The maximum Gasteiger partial charge on any atom is 0.119 e. The number of fused-ring (bicyclic) bond motifs is 4. The Hall–Kier alpha value is -3.02. The maximum atomic E-state index is 10.3. The molecule has 1 saturated heterocycles. The molecule has 34 heavy (non-hydrogen) atoms. The first kappa shape index (κ1) is 21.5. The third kappa shape index (κ3) is 4.04. The number of rotatable bonds is 5. The van der Waals surface area contributed by atoms with Crippen LogP contribution in [0.15, 0.2) is 60.7 Å². The van der Waals surface area contributed by atoms with Gasteiger partial charge in [-0.25, -0.2) is 0 Å². The van der Waals surface area contributed by atoms with Crippen molar-refractivity contribution in [3.63, 3.8) is 0 Å². The molecule has 4 nitrogen and oxygen atoms in total. The Balaban J connectivity index is 1.31. The van der Waals surface area contributed by atoms with E-state index in [1.54, 1.807) is 23.5 Å². The highest BCUT2D eigenvalue weighted by molar-refractivity contribution is 7.19. The standard InChI is InChI=1S/C29H29NO3S/c31-21-7-4-20-16-27-29(24-11-8-22(32)18-26(24)34-27)28(25(20)17-21)19-5-9-23(10-6-19)33-15-14-30-12-2-1-3-13-30/h4-11,17-18,28,31-32H,1-3,12-16H2. The monoisotopic (exact) mass is 471 g/mol. The molecule has 0 saturated carbocycles. The van der Waals surface area contributed by atoms with Crippen LogP contribution in [0.25, 0.3) is 10.1 Å². The smallest absolute Gasteiger partial charge is 0.119 e. The number of thiophene rings is 1. The number of ether oxygens (including phenoxy) is 1. The summed E-state index contributed by atoms with van der Waals surface area (Å²) in [5, 5.41) is 21.5. The van der Waals surface area contributed by atoms with E-state index in [9.17, 15) is 10.2 Å². The van der Waals surface area contributed by atoms with E-state index in [0.29, 0.717) is 18.1 Å². The van der Waals surface area contributed by atoms with Gasteiger partial charge in [0.05, 0.1) is 0 Å². The first-order chi connectivity index (χ1) is 16.7. The van der Waals surface area contributed by atoms with Crippen molar-refractivity contribution in [3.8, 4) is 17.2 Å². The molecule has 1 aliphatic heterocycles. The Morgan fingerprint density at radius 1 is 0.882 bits per heavy atom. The summed E-state index contributed by atoms with van der Waals surface area (Å²) in [6, 6.07) is 19.8. The Labute approximate surface area is 204 Å². The van der Waals surface area contributed by atoms with E-state index in [1.807, 2.05) is 24.3 Å². The molecule has 0 amide bonds. The van der Waals surface area contributed by atoms with Crippen molar-refractivity contribution in [2.24, 2.45) is 0 Å². The lowest BCUT2D eigenvalue weighted by molar-refractivity contribution is 0.183. The topological polar surface area (TPSA) is 52.9 Å². The van der Waals surface area contributed by atoms with E-state index in [0.717, 1.165) is 29.0 Å². The molecule has 2 heterocycles. The second kappa shape index (κ2) is 8.97. The second-order valence-electron chi connectivity index (χ2n) is 9.43. The van der Waals surface area contributed by atoms with Crippen LogP contribution in [0.2, 0.25) is 0 Å². The average molecular weight is 472 g/mol. The van der Waals surface area contributed by atoms with Crippen LogP contribution in [0.1, 0.15) is 52.3 Å². The fraction of sp³-hybridized carbons (Fsp3) is 0.310. The lowest BCUT2D eigenvalue weighted by Gasteiger charge is -2.28. The Morgan fingerprint density at radius 2 is 1.65 bits per heavy atom. The summed E-state index contributed by atoms with van der Waals surface area (Å²) in [5.41, 5.74) is 4.87. The molecule has 3 aromatic carbocycles. The predicted molar refractivity (Wildman–Crippen MR) is 138 cm³/mol. The van der Waals surface area contributed by atoms with E-state index >= 15 is 0 Å². The van der Waals surface area contributed by atoms with Gasteiger partial charge in [0, 0.05) is 28.5 Å². The lowest BCUT2D eigenvalue weighted by atomic mass is 9.76. The minimum Gasteiger partial charge on any atom is -0.508 e. The predicted octanol–water partition coefficient (Wildman–Crippen LogP) is 6.26. The number of aromatic hydroxyl groups is 2. The summed E-state index contributed by atoms with van der Waals surface area (Å²) in [6.45, 7) is 4.06. The molecular weight excluding hydrogens is 442 g/mol. The molecule has 4 aromatic rings. The molecule has 1 atom stereocenters. The summed E-state index contributed by atoms with van der Waals surface area (Å²) < 4.78 is 7.17. The third-order valence-corrected chi connectivity index (χ3v) is 8.38. The summed E-state index contributed by atoms with van der Waals surface area (Å²) in [4.78, 5) is 3.82. The summed E-state index contributed by atoms with van der Waals surface area (Å²) in [5.74, 6) is 1.52. The number of piperidine rings is 1. The number of hydrogen-bond donors (Lipinski definition) is 2. The molecule has 174 valence electrons. The van der Waals surface area contributed by atoms with Crippen molar-refractivity contribution >= 4 is 21.4 Å². The van der Waals surface area contributed by atoms with Crippen LogP contribution < -0.4 is 4.74 Å². The van der Waals surface area contributed by atoms with Crippen molar-refractivity contribution in [2.45, 2.75) is 31.6 Å². The number of nitrogens with zero attached hydrogens (tertiary/aromatic N) is 1. The van der Waals surface area contributed by atoms with Gasteiger partial charge < -0.3 is 14.9 Å². The van der Waals surface area contributed by atoms with Gasteiger partial charge in [-0.1, -0.05) is 24.6 Å². The largest absolute Gasteiger partial charge is 0.508 e. The number of phenols is 2. The number of hydrogen-bond acceptors (Lipinski definition) is 5. The molecular formula is C29H29NO3S. The minimum absolute atomic E-state index is 0.0338. The van der Waals surface area contributed by atoms with Gasteiger partial charge in [0.15, 0.2) is 0 Å². The molecule has 2 aliphatic rings. The molecule has 1 aromatic heterocycles. The molecule has 2 N–H and O–H groups in total. The van der Waals surface area contributed by atoms with Gasteiger partial charge in [-0.2, -0.15) is 0 Å². The highest BCUT2D eigenvalue weighted by atomic mass is 32.1. The van der Waals surface area contributed by atoms with Crippen LogP contribution in [0.4, 0.5) is 0 Å². The zero-order valence-corrected chi connectivity index (χ0v) is 20.0. The molecule has 0 spiro atoms. The van der Waals surface area contributed by atoms with Gasteiger partial charge in [-0.05, 0) is 96.0 Å². The lowest BCUT2D eigenvalue weighted by Crippen LogP contribution is -2.33. The third-order valence-electron chi connectivity index (χ3n) is 7.21. The normalized spacial score (nSPS) is 17.9. The Morgan fingerprint density at radius 3 is 2.47 bits per heavy atom. The van der Waals surface area contributed by atoms with Gasteiger partial charge in [-0.3, -0.25) is 4.90 Å². The number of likely N-dealkylation sites (tertiary alicyclic amines) is 1. The second-order valence-corrected chi connectivity index (χ2v) is 10.6. The van der Waals surface area contributed by atoms with Crippen molar-refractivity contribution in [2.75, 3.05) is 26.2 Å². The first-order valence-electron chi connectivity index (χ1n) is 12.2. The van der Waals surface area contributed by atoms with Crippen LogP contribution >= 0.6 is 11.3 Å². The highest BCUT2D eigenvalue weighted by Gasteiger charge is 2.31. The fourth-order valence-electron chi connectivity index (χ4n) is 5.52. The van der Waals surface area contributed by atoms with Crippen LogP contribution in [0.3, 0.4) is 0 Å². The van der Waals surface area contributed by atoms with Gasteiger partial charge in [-0.15, -0.1) is 11.3 Å². The molecule has 1 fully saturated rings. The van der Waals surface area contributed by atoms with Crippen molar-refractivity contribution in [1.29, 1.82) is 0 Å². The molecule has 0 bridgehead atoms. The van der Waals surface area contributed by atoms with Crippen LogP contribution in [0, 0.1) is 0 Å². The quantitative estimate of drug-likeness (QED) is 0.318. The molecule has 1 unspecified atom stereocenters. The van der Waals surface area contributed by atoms with Crippen LogP contribution in [0.5, 0.6) is 17.2 Å². The van der Waals surface area contributed by atoms with E-state index in [2.05, 4.69) is 29.2 Å². The van der Waals surface area contributed by atoms with Gasteiger partial charge >= 0.3 is 0 Å². The maximum absolute atomic E-state index is 10.3. The summed E-state index contributed by atoms with van der Waals surface area (Å²) in [7, 11) is 0. The van der Waals surface area contributed by atoms with E-state index < -0.39 is 0 Å². The summed E-state index contributed by atoms with van der Waals surface area (Å²) in [6.07, 6.45) is 4.79. The highest BCUT2D eigenvalue weighted by Crippen LogP contribution is 2.49. The zero-order chi connectivity index (χ0) is 23.1. The van der Waals surface area contributed by atoms with Crippen molar-refractivity contribution in [1.82, 2.24) is 4.90 Å². The van der Waals surface area contributed by atoms with Crippen LogP contribution in [-0.2, 0) is 6.42 Å². The van der Waals surface area contributed by atoms with Crippen molar-refractivity contribution in [3.05, 3.63) is 87.8 Å². The Bertz CT molecular complexity index is 1320. The van der Waals surface area contributed by atoms with Crippen molar-refractivity contribution < 1.29 is 14.9 Å². The summed E-state index contributed by atoms with van der Waals surface area (Å²) >= 11 is 1.76. The SMILES string of the molecule is Oc1ccc2c(c1)C(c1ccc(OCCN3CCCCC3)cc1)c1c(sc3cc(O)ccc13)C2. The molecule has 5 heteroatoms. The van der Waals surface area contributed by atoms with Gasteiger partial charge in [0.25, 0.3) is 0 Å². The zero-order valence-electron chi connectivity index (χ0n) is 19.2. The minimum atomic E-state index is 0.0338. The molecule has 0 radical (unpaired) electrons. The van der Waals surface area contributed by atoms with E-state index in [-0.39, 0.29) is 5.92 Å². The number of phenolic OH excluding ortho intramolecular Hbond substituents is 2. The fourth-order valence-corrected chi connectivity index (χ4v) is 6.82. The molecule has 6 rings (SSSR count). The van der Waals surface area contributed by atoms with Gasteiger partial charge in [0.1, 0.15) is 23.9 Å². The Kier molecular flexibility index (Phi) is 5.67. The van der Waals surface area contributed by atoms with E-state index in [4.69, 9.17) is 4.74 Å². The van der Waals surface area contributed by atoms with Crippen LogP contribution in [-0.4, -0.2) is 41.4 Å². The molecule has 1 aliphatic carbocycles. The van der Waals surface area contributed by atoms with E-state index in [1.165, 1.54) is 59.3 Å². The first-order valence-corrected chi connectivity index (χ1v) is 13.0. The van der Waals surface area contributed by atoms with Gasteiger partial charge in [0.2, 0.25) is 0 Å². The number of benzene rings is 3.